The number of hydrogen-bond donors (Lipinski definition) is 0. The minimum absolute atomic E-state index is 0.253. The van der Waals surface area contributed by atoms with Crippen LogP contribution in [0.5, 0.6) is 0 Å². The molecule has 0 aromatic carbocycles. The predicted molar refractivity (Wildman–Crippen MR) is 132 cm³/mol. The molecule has 0 aromatic rings. The molecule has 0 bridgehead atoms. The molecule has 0 radical (unpaired) electrons. The summed E-state index contributed by atoms with van der Waals surface area (Å²) in [5.74, 6) is 6.85. The standard InChI is InChI=1S/C30H50O/c1-7-9-22-19-30(6)23(18-28(22)31)12-13-24-26-15-14-25(21(4)11-8-10-20(2)3)29(26,5)17-16-27(24)30/h7,20-27H,1,8-19H2,2-6H3. The van der Waals surface area contributed by atoms with Gasteiger partial charge in [-0.3, -0.25) is 4.79 Å². The van der Waals surface area contributed by atoms with Gasteiger partial charge in [0.1, 0.15) is 5.78 Å². The Balaban J connectivity index is 1.49. The monoisotopic (exact) mass is 426 g/mol. The van der Waals surface area contributed by atoms with E-state index in [1.165, 1.54) is 57.8 Å². The van der Waals surface area contributed by atoms with Gasteiger partial charge in [-0.1, -0.05) is 60.0 Å². The smallest absolute Gasteiger partial charge is 0.136 e. The maximum absolute atomic E-state index is 12.8. The molecule has 176 valence electrons. The normalized spacial score (nSPS) is 45.7. The number of hydrogen-bond acceptors (Lipinski definition) is 1. The van der Waals surface area contributed by atoms with Crippen molar-refractivity contribution in [3.8, 4) is 0 Å². The van der Waals surface area contributed by atoms with Gasteiger partial charge in [-0.25, -0.2) is 0 Å². The van der Waals surface area contributed by atoms with Gasteiger partial charge in [0.2, 0.25) is 0 Å². The van der Waals surface area contributed by atoms with E-state index in [0.29, 0.717) is 22.5 Å². The number of carbonyl (C=O) groups excluding carboxylic acids is 1. The molecule has 1 nitrogen and oxygen atoms in total. The largest absolute Gasteiger partial charge is 0.299 e. The number of fused-ring (bicyclic) bond motifs is 5. The lowest BCUT2D eigenvalue weighted by molar-refractivity contribution is -0.148. The topological polar surface area (TPSA) is 17.1 Å². The van der Waals surface area contributed by atoms with E-state index in [2.05, 4.69) is 41.2 Å². The summed E-state index contributed by atoms with van der Waals surface area (Å²) >= 11 is 0. The van der Waals surface area contributed by atoms with Crippen LogP contribution in [0.15, 0.2) is 12.7 Å². The molecule has 4 saturated carbocycles. The highest BCUT2D eigenvalue weighted by atomic mass is 16.1. The van der Waals surface area contributed by atoms with Gasteiger partial charge in [0.15, 0.2) is 0 Å². The van der Waals surface area contributed by atoms with Gasteiger partial charge in [0.05, 0.1) is 0 Å². The lowest BCUT2D eigenvalue weighted by Crippen LogP contribution is -2.55. The van der Waals surface area contributed by atoms with E-state index >= 15 is 0 Å². The zero-order chi connectivity index (χ0) is 22.4. The molecule has 1 heteroatoms. The van der Waals surface area contributed by atoms with E-state index in [4.69, 9.17) is 0 Å². The summed E-state index contributed by atoms with van der Waals surface area (Å²) in [6, 6.07) is 0. The van der Waals surface area contributed by atoms with Gasteiger partial charge in [-0.2, -0.15) is 0 Å². The van der Waals surface area contributed by atoms with Gasteiger partial charge < -0.3 is 0 Å². The van der Waals surface area contributed by atoms with Crippen LogP contribution in [0.3, 0.4) is 0 Å². The van der Waals surface area contributed by atoms with E-state index in [0.717, 1.165) is 54.8 Å². The van der Waals surface area contributed by atoms with Crippen LogP contribution in [-0.2, 0) is 4.79 Å². The molecule has 0 saturated heterocycles. The third-order valence-electron chi connectivity index (χ3n) is 11.3. The molecule has 0 aromatic heterocycles. The summed E-state index contributed by atoms with van der Waals surface area (Å²) in [5.41, 5.74) is 0.972. The van der Waals surface area contributed by atoms with Crippen LogP contribution >= 0.6 is 0 Å². The summed E-state index contributed by atoms with van der Waals surface area (Å²) < 4.78 is 0. The molecular formula is C30H50O. The van der Waals surface area contributed by atoms with Crippen molar-refractivity contribution in [3.05, 3.63) is 12.7 Å². The zero-order valence-corrected chi connectivity index (χ0v) is 21.3. The first-order chi connectivity index (χ1) is 14.7. The average molecular weight is 427 g/mol. The van der Waals surface area contributed by atoms with Crippen LogP contribution in [0.2, 0.25) is 0 Å². The zero-order valence-electron chi connectivity index (χ0n) is 21.3. The highest BCUT2D eigenvalue weighted by molar-refractivity contribution is 5.82. The fourth-order valence-electron chi connectivity index (χ4n) is 9.68. The molecule has 31 heavy (non-hydrogen) atoms. The van der Waals surface area contributed by atoms with E-state index in [1.54, 1.807) is 0 Å². The van der Waals surface area contributed by atoms with Gasteiger partial charge in [0.25, 0.3) is 0 Å². The van der Waals surface area contributed by atoms with Crippen molar-refractivity contribution < 1.29 is 4.79 Å². The molecular weight excluding hydrogens is 376 g/mol. The minimum Gasteiger partial charge on any atom is -0.299 e. The van der Waals surface area contributed by atoms with Crippen molar-refractivity contribution in [2.75, 3.05) is 0 Å². The second-order valence-corrected chi connectivity index (χ2v) is 13.3. The Kier molecular flexibility index (Phi) is 6.83. The van der Waals surface area contributed by atoms with Crippen LogP contribution in [-0.4, -0.2) is 5.78 Å². The van der Waals surface area contributed by atoms with Crippen molar-refractivity contribution in [2.45, 2.75) is 112 Å². The van der Waals surface area contributed by atoms with E-state index < -0.39 is 0 Å². The number of rotatable bonds is 7. The molecule has 0 spiro atoms. The second-order valence-electron chi connectivity index (χ2n) is 13.3. The summed E-state index contributed by atoms with van der Waals surface area (Å²) in [6.07, 6.45) is 17.7. The van der Waals surface area contributed by atoms with Crippen molar-refractivity contribution >= 4 is 5.78 Å². The van der Waals surface area contributed by atoms with Gasteiger partial charge >= 0.3 is 0 Å². The summed E-state index contributed by atoms with van der Waals surface area (Å²) in [4.78, 5) is 12.8. The maximum Gasteiger partial charge on any atom is 0.136 e. The third-order valence-corrected chi connectivity index (χ3v) is 11.3. The van der Waals surface area contributed by atoms with Crippen molar-refractivity contribution in [2.24, 2.45) is 58.2 Å². The highest BCUT2D eigenvalue weighted by Gasteiger charge is 2.61. The Hall–Kier alpha value is -0.590. The lowest BCUT2D eigenvalue weighted by atomic mass is 9.43. The highest BCUT2D eigenvalue weighted by Crippen LogP contribution is 2.68. The predicted octanol–water partition coefficient (Wildman–Crippen LogP) is 8.48. The molecule has 0 aliphatic heterocycles. The Morgan fingerprint density at radius 3 is 2.45 bits per heavy atom. The number of carbonyl (C=O) groups is 1. The third kappa shape index (κ3) is 4.10. The van der Waals surface area contributed by atoms with E-state index in [1.807, 2.05) is 6.08 Å². The molecule has 0 heterocycles. The van der Waals surface area contributed by atoms with Gasteiger partial charge in [0, 0.05) is 12.3 Å². The lowest BCUT2D eigenvalue weighted by Gasteiger charge is -2.61. The maximum atomic E-state index is 12.8. The van der Waals surface area contributed by atoms with Crippen molar-refractivity contribution in [1.82, 2.24) is 0 Å². The minimum atomic E-state index is 0.253. The van der Waals surface area contributed by atoms with Crippen molar-refractivity contribution in [1.29, 1.82) is 0 Å². The van der Waals surface area contributed by atoms with Gasteiger partial charge in [-0.15, -0.1) is 6.58 Å². The first kappa shape index (κ1) is 23.6. The van der Waals surface area contributed by atoms with Crippen molar-refractivity contribution in [3.63, 3.8) is 0 Å². The number of allylic oxidation sites excluding steroid dienone is 1. The van der Waals surface area contributed by atoms with Crippen LogP contribution in [0.1, 0.15) is 112 Å². The summed E-state index contributed by atoms with van der Waals surface area (Å²) in [6.45, 7) is 16.6. The first-order valence-electron chi connectivity index (χ1n) is 13.8. The first-order valence-corrected chi connectivity index (χ1v) is 13.8. The number of ketones is 1. The van der Waals surface area contributed by atoms with E-state index in [9.17, 15) is 4.79 Å². The Morgan fingerprint density at radius 1 is 1.00 bits per heavy atom. The molecule has 0 amide bonds. The van der Waals surface area contributed by atoms with E-state index in [-0.39, 0.29) is 5.92 Å². The summed E-state index contributed by atoms with van der Waals surface area (Å²) in [7, 11) is 0. The number of Topliss-reactive ketones (excluding diaryl/α,β-unsaturated/α-hetero) is 1. The fourth-order valence-corrected chi connectivity index (χ4v) is 9.68. The molecule has 4 fully saturated rings. The molecule has 4 aliphatic carbocycles. The molecule has 4 rings (SSSR count). The summed E-state index contributed by atoms with van der Waals surface area (Å²) in [5, 5.41) is 0. The Labute approximate surface area is 193 Å². The fraction of sp³-hybridized carbons (Fsp3) is 0.900. The Bertz CT molecular complexity index is 663. The Morgan fingerprint density at radius 2 is 1.74 bits per heavy atom. The second kappa shape index (κ2) is 8.98. The quantitative estimate of drug-likeness (QED) is 0.373. The van der Waals surface area contributed by atoms with Gasteiger partial charge in [-0.05, 0) is 104 Å². The van der Waals surface area contributed by atoms with Crippen LogP contribution in [0.25, 0.3) is 0 Å². The molecule has 0 N–H and O–H groups in total. The average Bonchev–Trinajstić information content (AvgIpc) is 3.06. The van der Waals surface area contributed by atoms with Crippen LogP contribution in [0.4, 0.5) is 0 Å². The molecule has 4 aliphatic rings. The molecule has 9 atom stereocenters. The molecule has 9 unspecified atom stereocenters. The van der Waals surface area contributed by atoms with Crippen LogP contribution < -0.4 is 0 Å². The van der Waals surface area contributed by atoms with Crippen LogP contribution in [0, 0.1) is 58.2 Å². The SMILES string of the molecule is C=CCC1CC2(C)C(CCC3C2CCC2(C)C(C(C)CCCC(C)C)CCC32)CC1=O.